The molecular formula is C17H17N3S. The van der Waals surface area contributed by atoms with Crippen molar-refractivity contribution >= 4 is 22.2 Å². The standard InChI is InChI=1S/C17H17N3S/c1-12(2)14-4-3-5-15(10-14)19-17-20-16(11-21-17)13-6-8-18-9-7-13/h3-12H,1-2H3,(H,19,20). The number of nitrogens with one attached hydrogen (secondary N) is 1. The lowest BCUT2D eigenvalue weighted by molar-refractivity contribution is 0.867. The summed E-state index contributed by atoms with van der Waals surface area (Å²) in [6.07, 6.45) is 3.57. The van der Waals surface area contributed by atoms with Gasteiger partial charge in [0.05, 0.1) is 5.69 Å². The molecule has 0 bridgehead atoms. The van der Waals surface area contributed by atoms with Gasteiger partial charge in [-0.05, 0) is 35.7 Å². The molecule has 0 spiro atoms. The number of hydrogen-bond donors (Lipinski definition) is 1. The van der Waals surface area contributed by atoms with Gasteiger partial charge in [-0.25, -0.2) is 4.98 Å². The average Bonchev–Trinajstić information content (AvgIpc) is 2.97. The summed E-state index contributed by atoms with van der Waals surface area (Å²) in [5.41, 5.74) is 4.47. The molecule has 0 amide bonds. The second-order valence-electron chi connectivity index (χ2n) is 5.18. The highest BCUT2D eigenvalue weighted by Crippen LogP contribution is 2.27. The van der Waals surface area contributed by atoms with E-state index in [4.69, 9.17) is 0 Å². The van der Waals surface area contributed by atoms with Crippen LogP contribution in [0.5, 0.6) is 0 Å². The molecule has 3 rings (SSSR count). The summed E-state index contributed by atoms with van der Waals surface area (Å²) in [5.74, 6) is 0.524. The molecule has 3 nitrogen and oxygen atoms in total. The maximum absolute atomic E-state index is 4.63. The number of rotatable bonds is 4. The molecule has 0 saturated carbocycles. The Morgan fingerprint density at radius 3 is 2.67 bits per heavy atom. The van der Waals surface area contributed by atoms with Gasteiger partial charge >= 0.3 is 0 Å². The summed E-state index contributed by atoms with van der Waals surface area (Å²) in [6, 6.07) is 12.4. The molecule has 0 radical (unpaired) electrons. The first kappa shape index (κ1) is 13.8. The molecule has 3 aromatic rings. The number of hydrogen-bond acceptors (Lipinski definition) is 4. The number of anilines is 2. The number of thiazole rings is 1. The lowest BCUT2D eigenvalue weighted by atomic mass is 10.0. The second kappa shape index (κ2) is 6.06. The minimum Gasteiger partial charge on any atom is -0.332 e. The highest BCUT2D eigenvalue weighted by atomic mass is 32.1. The lowest BCUT2D eigenvalue weighted by Crippen LogP contribution is -1.93. The first-order valence-electron chi connectivity index (χ1n) is 6.95. The second-order valence-corrected chi connectivity index (χ2v) is 6.04. The van der Waals surface area contributed by atoms with E-state index in [0.29, 0.717) is 5.92 Å². The van der Waals surface area contributed by atoms with E-state index in [9.17, 15) is 0 Å². The number of benzene rings is 1. The number of nitrogens with zero attached hydrogens (tertiary/aromatic N) is 2. The molecule has 0 fully saturated rings. The Morgan fingerprint density at radius 2 is 1.90 bits per heavy atom. The van der Waals surface area contributed by atoms with Crippen LogP contribution >= 0.6 is 11.3 Å². The Bertz CT molecular complexity index is 720. The van der Waals surface area contributed by atoms with E-state index in [1.165, 1.54) is 5.56 Å². The van der Waals surface area contributed by atoms with Crippen LogP contribution in [0, 0.1) is 0 Å². The monoisotopic (exact) mass is 295 g/mol. The van der Waals surface area contributed by atoms with E-state index in [2.05, 4.69) is 58.8 Å². The Hall–Kier alpha value is -2.20. The van der Waals surface area contributed by atoms with Gasteiger partial charge in [-0.1, -0.05) is 26.0 Å². The fourth-order valence-electron chi connectivity index (χ4n) is 2.09. The van der Waals surface area contributed by atoms with Gasteiger partial charge in [0.1, 0.15) is 0 Å². The van der Waals surface area contributed by atoms with Crippen molar-refractivity contribution in [2.45, 2.75) is 19.8 Å². The van der Waals surface area contributed by atoms with Crippen LogP contribution in [-0.4, -0.2) is 9.97 Å². The fourth-order valence-corrected chi connectivity index (χ4v) is 2.83. The van der Waals surface area contributed by atoms with Crippen molar-refractivity contribution in [1.82, 2.24) is 9.97 Å². The van der Waals surface area contributed by atoms with Crippen LogP contribution in [0.25, 0.3) is 11.3 Å². The molecular weight excluding hydrogens is 278 g/mol. The zero-order valence-electron chi connectivity index (χ0n) is 12.1. The molecule has 0 atom stereocenters. The smallest absolute Gasteiger partial charge is 0.187 e. The molecule has 4 heteroatoms. The SMILES string of the molecule is CC(C)c1cccc(Nc2nc(-c3ccncc3)cs2)c1. The third kappa shape index (κ3) is 3.28. The van der Waals surface area contributed by atoms with Crippen molar-refractivity contribution in [1.29, 1.82) is 0 Å². The van der Waals surface area contributed by atoms with Crippen molar-refractivity contribution < 1.29 is 0 Å². The maximum atomic E-state index is 4.63. The largest absolute Gasteiger partial charge is 0.332 e. The predicted molar refractivity (Wildman–Crippen MR) is 89.2 cm³/mol. The molecule has 0 aliphatic heterocycles. The maximum Gasteiger partial charge on any atom is 0.187 e. The first-order valence-corrected chi connectivity index (χ1v) is 7.83. The number of pyridine rings is 1. The van der Waals surface area contributed by atoms with Crippen LogP contribution in [0.2, 0.25) is 0 Å². The van der Waals surface area contributed by atoms with Crippen molar-refractivity contribution in [3.8, 4) is 11.3 Å². The highest BCUT2D eigenvalue weighted by Gasteiger charge is 2.05. The Morgan fingerprint density at radius 1 is 1.10 bits per heavy atom. The summed E-state index contributed by atoms with van der Waals surface area (Å²) in [4.78, 5) is 8.66. The Labute approximate surface area is 128 Å². The van der Waals surface area contributed by atoms with Crippen LogP contribution in [0.3, 0.4) is 0 Å². The van der Waals surface area contributed by atoms with E-state index >= 15 is 0 Å². The molecule has 1 N–H and O–H groups in total. The van der Waals surface area contributed by atoms with E-state index in [1.807, 2.05) is 12.1 Å². The van der Waals surface area contributed by atoms with Gasteiger partial charge in [0, 0.05) is 29.0 Å². The van der Waals surface area contributed by atoms with E-state index < -0.39 is 0 Å². The van der Waals surface area contributed by atoms with Crippen LogP contribution in [0.4, 0.5) is 10.8 Å². The van der Waals surface area contributed by atoms with Crippen molar-refractivity contribution in [3.05, 3.63) is 59.7 Å². The van der Waals surface area contributed by atoms with Gasteiger partial charge < -0.3 is 5.32 Å². The zero-order chi connectivity index (χ0) is 14.7. The molecule has 2 heterocycles. The lowest BCUT2D eigenvalue weighted by Gasteiger charge is -2.08. The van der Waals surface area contributed by atoms with Crippen LogP contribution < -0.4 is 5.32 Å². The normalized spacial score (nSPS) is 10.8. The third-order valence-corrected chi connectivity index (χ3v) is 4.04. The average molecular weight is 295 g/mol. The quantitative estimate of drug-likeness (QED) is 0.730. The topological polar surface area (TPSA) is 37.8 Å². The molecule has 106 valence electrons. The van der Waals surface area contributed by atoms with Gasteiger partial charge in [-0.15, -0.1) is 11.3 Å². The van der Waals surface area contributed by atoms with Crippen LogP contribution in [-0.2, 0) is 0 Å². The Kier molecular flexibility index (Phi) is 3.97. The highest BCUT2D eigenvalue weighted by molar-refractivity contribution is 7.14. The first-order chi connectivity index (χ1) is 10.2. The third-order valence-electron chi connectivity index (χ3n) is 3.28. The predicted octanol–water partition coefficient (Wildman–Crippen LogP) is 5.07. The molecule has 0 unspecified atom stereocenters. The van der Waals surface area contributed by atoms with E-state index in [0.717, 1.165) is 22.1 Å². The van der Waals surface area contributed by atoms with Crippen molar-refractivity contribution in [3.63, 3.8) is 0 Å². The minimum atomic E-state index is 0.524. The number of aromatic nitrogens is 2. The van der Waals surface area contributed by atoms with E-state index in [1.54, 1.807) is 23.7 Å². The van der Waals surface area contributed by atoms with Crippen LogP contribution in [0.1, 0.15) is 25.3 Å². The van der Waals surface area contributed by atoms with Crippen molar-refractivity contribution in [2.24, 2.45) is 0 Å². The molecule has 21 heavy (non-hydrogen) atoms. The van der Waals surface area contributed by atoms with Gasteiger partial charge in [0.15, 0.2) is 5.13 Å². The summed E-state index contributed by atoms with van der Waals surface area (Å²) in [5, 5.41) is 6.35. The van der Waals surface area contributed by atoms with Gasteiger partial charge in [0.2, 0.25) is 0 Å². The van der Waals surface area contributed by atoms with Crippen LogP contribution in [0.15, 0.2) is 54.2 Å². The van der Waals surface area contributed by atoms with E-state index in [-0.39, 0.29) is 0 Å². The zero-order valence-corrected chi connectivity index (χ0v) is 12.9. The molecule has 2 aromatic heterocycles. The fraction of sp³-hybridized carbons (Fsp3) is 0.176. The Balaban J connectivity index is 1.80. The van der Waals surface area contributed by atoms with Gasteiger partial charge in [0.25, 0.3) is 0 Å². The molecule has 1 aromatic carbocycles. The molecule has 0 aliphatic rings. The minimum absolute atomic E-state index is 0.524. The summed E-state index contributed by atoms with van der Waals surface area (Å²) < 4.78 is 0. The molecule has 0 aliphatic carbocycles. The van der Waals surface area contributed by atoms with Gasteiger partial charge in [-0.3, -0.25) is 4.98 Å². The summed E-state index contributed by atoms with van der Waals surface area (Å²) in [7, 11) is 0. The summed E-state index contributed by atoms with van der Waals surface area (Å²) in [6.45, 7) is 4.40. The van der Waals surface area contributed by atoms with Gasteiger partial charge in [-0.2, -0.15) is 0 Å². The van der Waals surface area contributed by atoms with Crippen molar-refractivity contribution in [2.75, 3.05) is 5.32 Å². The summed E-state index contributed by atoms with van der Waals surface area (Å²) >= 11 is 1.61. The molecule has 0 saturated heterocycles.